The van der Waals surface area contributed by atoms with Gasteiger partial charge in [-0.2, -0.15) is 0 Å². The standard InChI is InChI=1S/C19H22O6/c1-5-6-10-7-13-16(19(2,22)25-10)18(21)15-12(17(13)20)8-11(23-3)9-14(15)24-4/h8-10,22H,5-7H2,1-4H3. The Bertz CT molecular complexity index is 774. The maximum absolute atomic E-state index is 13.1. The molecule has 0 bridgehead atoms. The Labute approximate surface area is 146 Å². The van der Waals surface area contributed by atoms with Gasteiger partial charge in [-0.05, 0) is 19.4 Å². The molecular weight excluding hydrogens is 324 g/mol. The lowest BCUT2D eigenvalue weighted by molar-refractivity contribution is -0.198. The first-order valence-corrected chi connectivity index (χ1v) is 8.33. The molecule has 0 radical (unpaired) electrons. The van der Waals surface area contributed by atoms with Crippen LogP contribution in [-0.2, 0) is 4.74 Å². The average molecular weight is 346 g/mol. The molecule has 134 valence electrons. The van der Waals surface area contributed by atoms with Crippen molar-refractivity contribution >= 4 is 11.6 Å². The second kappa shape index (κ2) is 6.28. The van der Waals surface area contributed by atoms with Gasteiger partial charge in [-0.1, -0.05) is 13.3 Å². The molecule has 0 saturated heterocycles. The van der Waals surface area contributed by atoms with Crippen molar-refractivity contribution in [2.75, 3.05) is 14.2 Å². The molecule has 1 N–H and O–H groups in total. The van der Waals surface area contributed by atoms with E-state index in [4.69, 9.17) is 14.2 Å². The van der Waals surface area contributed by atoms with Crippen molar-refractivity contribution in [2.45, 2.75) is 45.0 Å². The van der Waals surface area contributed by atoms with E-state index in [2.05, 4.69) is 0 Å². The van der Waals surface area contributed by atoms with E-state index in [1.54, 1.807) is 12.1 Å². The summed E-state index contributed by atoms with van der Waals surface area (Å²) in [4.78, 5) is 26.2. The fourth-order valence-electron chi connectivity index (χ4n) is 3.64. The van der Waals surface area contributed by atoms with Crippen molar-refractivity contribution in [3.8, 4) is 11.5 Å². The molecule has 25 heavy (non-hydrogen) atoms. The number of ether oxygens (including phenoxy) is 3. The summed E-state index contributed by atoms with van der Waals surface area (Å²) in [5, 5.41) is 10.7. The summed E-state index contributed by atoms with van der Waals surface area (Å²) in [7, 11) is 2.90. The Morgan fingerprint density at radius 1 is 1.24 bits per heavy atom. The van der Waals surface area contributed by atoms with Crippen LogP contribution >= 0.6 is 0 Å². The van der Waals surface area contributed by atoms with E-state index in [0.717, 1.165) is 6.42 Å². The largest absolute Gasteiger partial charge is 0.497 e. The van der Waals surface area contributed by atoms with Gasteiger partial charge in [0, 0.05) is 23.6 Å². The number of rotatable bonds is 4. The summed E-state index contributed by atoms with van der Waals surface area (Å²) in [5.74, 6) is -1.85. The topological polar surface area (TPSA) is 82.1 Å². The number of ketones is 2. The van der Waals surface area contributed by atoms with Gasteiger partial charge in [0.05, 0.1) is 31.5 Å². The second-order valence-corrected chi connectivity index (χ2v) is 6.48. The molecule has 2 aliphatic rings. The number of aliphatic hydroxyl groups is 1. The Kier molecular flexibility index (Phi) is 4.43. The molecule has 6 nitrogen and oxygen atoms in total. The highest BCUT2D eigenvalue weighted by Gasteiger charge is 2.48. The van der Waals surface area contributed by atoms with Gasteiger partial charge >= 0.3 is 0 Å². The van der Waals surface area contributed by atoms with E-state index >= 15 is 0 Å². The molecule has 1 aromatic rings. The van der Waals surface area contributed by atoms with E-state index in [9.17, 15) is 14.7 Å². The van der Waals surface area contributed by atoms with Crippen LogP contribution in [0.4, 0.5) is 0 Å². The number of carbonyl (C=O) groups is 2. The zero-order valence-corrected chi connectivity index (χ0v) is 14.8. The molecule has 1 aliphatic carbocycles. The van der Waals surface area contributed by atoms with E-state index in [-0.39, 0.29) is 34.3 Å². The highest BCUT2D eigenvalue weighted by atomic mass is 16.6. The van der Waals surface area contributed by atoms with Gasteiger partial charge in [0.2, 0.25) is 0 Å². The third kappa shape index (κ3) is 2.75. The SMILES string of the molecule is CCCC1CC2=C(C(=O)c3c(OC)cc(OC)cc3C2=O)C(C)(O)O1. The molecule has 0 aromatic heterocycles. The molecule has 3 rings (SSSR count). The predicted molar refractivity (Wildman–Crippen MR) is 90.3 cm³/mol. The monoisotopic (exact) mass is 346 g/mol. The normalized spacial score (nSPS) is 25.6. The first kappa shape index (κ1) is 17.6. The molecule has 0 amide bonds. The van der Waals surface area contributed by atoms with Crippen LogP contribution in [-0.4, -0.2) is 42.8 Å². The molecule has 2 atom stereocenters. The zero-order valence-electron chi connectivity index (χ0n) is 14.8. The summed E-state index contributed by atoms with van der Waals surface area (Å²) in [5.41, 5.74) is 0.723. The van der Waals surface area contributed by atoms with Gasteiger partial charge in [-0.15, -0.1) is 0 Å². The molecule has 1 aliphatic heterocycles. The number of Topliss-reactive ketones (excluding diaryl/α,β-unsaturated/α-hetero) is 2. The summed E-state index contributed by atoms with van der Waals surface area (Å²) >= 11 is 0. The van der Waals surface area contributed by atoms with Crippen LogP contribution in [0.3, 0.4) is 0 Å². The minimum atomic E-state index is -1.80. The number of hydrogen-bond acceptors (Lipinski definition) is 6. The summed E-state index contributed by atoms with van der Waals surface area (Å²) in [6.07, 6.45) is 1.56. The van der Waals surface area contributed by atoms with Gasteiger partial charge in [0.1, 0.15) is 11.5 Å². The van der Waals surface area contributed by atoms with E-state index in [1.165, 1.54) is 21.1 Å². The first-order chi connectivity index (χ1) is 11.8. The lowest BCUT2D eigenvalue weighted by atomic mass is 9.76. The van der Waals surface area contributed by atoms with Crippen LogP contribution in [0.15, 0.2) is 23.3 Å². The highest BCUT2D eigenvalue weighted by Crippen LogP contribution is 2.44. The molecule has 1 heterocycles. The smallest absolute Gasteiger partial charge is 0.199 e. The third-order valence-corrected chi connectivity index (χ3v) is 4.71. The van der Waals surface area contributed by atoms with Gasteiger partial charge in [-0.25, -0.2) is 0 Å². The van der Waals surface area contributed by atoms with Crippen molar-refractivity contribution in [2.24, 2.45) is 0 Å². The quantitative estimate of drug-likeness (QED) is 0.903. The highest BCUT2D eigenvalue weighted by molar-refractivity contribution is 6.28. The Morgan fingerprint density at radius 2 is 1.96 bits per heavy atom. The molecule has 0 fully saturated rings. The molecule has 0 spiro atoms. The Morgan fingerprint density at radius 3 is 2.56 bits per heavy atom. The van der Waals surface area contributed by atoms with Gasteiger partial charge < -0.3 is 19.3 Å². The van der Waals surface area contributed by atoms with Crippen molar-refractivity contribution in [1.29, 1.82) is 0 Å². The second-order valence-electron chi connectivity index (χ2n) is 6.48. The minimum absolute atomic E-state index is 0.0146. The summed E-state index contributed by atoms with van der Waals surface area (Å²) in [6.45, 7) is 3.41. The van der Waals surface area contributed by atoms with E-state index in [0.29, 0.717) is 24.2 Å². The van der Waals surface area contributed by atoms with Gasteiger partial charge in [-0.3, -0.25) is 9.59 Å². The number of fused-ring (bicyclic) bond motifs is 1. The van der Waals surface area contributed by atoms with Crippen LogP contribution in [0.25, 0.3) is 0 Å². The fourth-order valence-corrected chi connectivity index (χ4v) is 3.64. The third-order valence-electron chi connectivity index (χ3n) is 4.71. The van der Waals surface area contributed by atoms with Crippen LogP contribution in [0.5, 0.6) is 11.5 Å². The van der Waals surface area contributed by atoms with Gasteiger partial charge in [0.15, 0.2) is 17.4 Å². The zero-order chi connectivity index (χ0) is 18.4. The van der Waals surface area contributed by atoms with Crippen LogP contribution in [0.1, 0.15) is 53.8 Å². The molecule has 1 aromatic carbocycles. The van der Waals surface area contributed by atoms with Crippen LogP contribution in [0.2, 0.25) is 0 Å². The van der Waals surface area contributed by atoms with Crippen LogP contribution < -0.4 is 9.47 Å². The molecule has 2 unspecified atom stereocenters. The minimum Gasteiger partial charge on any atom is -0.497 e. The average Bonchev–Trinajstić information content (AvgIpc) is 2.57. The van der Waals surface area contributed by atoms with Crippen molar-refractivity contribution < 1.29 is 28.9 Å². The summed E-state index contributed by atoms with van der Waals surface area (Å²) < 4.78 is 16.2. The number of benzene rings is 1. The van der Waals surface area contributed by atoms with Crippen molar-refractivity contribution in [3.63, 3.8) is 0 Å². The van der Waals surface area contributed by atoms with E-state index in [1.807, 2.05) is 6.92 Å². The summed E-state index contributed by atoms with van der Waals surface area (Å²) in [6, 6.07) is 3.09. The van der Waals surface area contributed by atoms with Crippen molar-refractivity contribution in [3.05, 3.63) is 34.4 Å². The number of hydrogen-bond donors (Lipinski definition) is 1. The Balaban J connectivity index is 2.19. The predicted octanol–water partition coefficient (Wildman–Crippen LogP) is 2.68. The van der Waals surface area contributed by atoms with E-state index < -0.39 is 11.6 Å². The first-order valence-electron chi connectivity index (χ1n) is 8.33. The number of carbonyl (C=O) groups excluding carboxylic acids is 2. The molecule has 0 saturated carbocycles. The fraction of sp³-hybridized carbons (Fsp3) is 0.474. The maximum Gasteiger partial charge on any atom is 0.199 e. The van der Waals surface area contributed by atoms with Crippen molar-refractivity contribution in [1.82, 2.24) is 0 Å². The van der Waals surface area contributed by atoms with Gasteiger partial charge in [0.25, 0.3) is 0 Å². The lowest BCUT2D eigenvalue weighted by Gasteiger charge is -2.39. The Hall–Kier alpha value is -2.18. The molecular formula is C19H22O6. The number of methoxy groups -OCH3 is 2. The van der Waals surface area contributed by atoms with Crippen LogP contribution in [0, 0.1) is 0 Å². The lowest BCUT2D eigenvalue weighted by Crippen LogP contribution is -2.46. The molecule has 6 heteroatoms. The maximum atomic E-state index is 13.1.